The Hall–Kier alpha value is -0.570. The van der Waals surface area contributed by atoms with Crippen LogP contribution in [0, 0.1) is 5.41 Å². The molecule has 1 aliphatic carbocycles. The molecule has 2 unspecified atom stereocenters. The first kappa shape index (κ1) is 13.5. The van der Waals surface area contributed by atoms with E-state index < -0.39 is 0 Å². The molecule has 2 atom stereocenters. The van der Waals surface area contributed by atoms with E-state index in [0.29, 0.717) is 11.5 Å². The normalized spacial score (nSPS) is 25.8. The van der Waals surface area contributed by atoms with Crippen molar-refractivity contribution in [2.75, 3.05) is 0 Å². The summed E-state index contributed by atoms with van der Waals surface area (Å²) in [6.45, 7) is 10.5. The van der Waals surface area contributed by atoms with Gasteiger partial charge in [0, 0.05) is 12.1 Å². The van der Waals surface area contributed by atoms with E-state index >= 15 is 0 Å². The van der Waals surface area contributed by atoms with Gasteiger partial charge >= 0.3 is 0 Å². The monoisotopic (exact) mass is 226 g/mol. The molecule has 0 spiro atoms. The van der Waals surface area contributed by atoms with Crippen LogP contribution in [0.4, 0.5) is 0 Å². The van der Waals surface area contributed by atoms with Gasteiger partial charge in [-0.15, -0.1) is 0 Å². The second-order valence-electron chi connectivity index (χ2n) is 5.99. The highest BCUT2D eigenvalue weighted by molar-refractivity contribution is 5.81. The van der Waals surface area contributed by atoms with E-state index in [0.717, 1.165) is 0 Å². The first-order valence-electron chi connectivity index (χ1n) is 6.39. The largest absolute Gasteiger partial charge is 0.353 e. The van der Waals surface area contributed by atoms with Crippen molar-refractivity contribution in [3.05, 3.63) is 0 Å². The molecule has 0 aliphatic heterocycles. The second-order valence-corrected chi connectivity index (χ2v) is 5.99. The van der Waals surface area contributed by atoms with Crippen LogP contribution in [0.25, 0.3) is 0 Å². The van der Waals surface area contributed by atoms with Crippen molar-refractivity contribution in [3.8, 4) is 0 Å². The van der Waals surface area contributed by atoms with Crippen LogP contribution in [-0.4, -0.2) is 24.0 Å². The van der Waals surface area contributed by atoms with Gasteiger partial charge in [-0.25, -0.2) is 0 Å². The Labute approximate surface area is 99.4 Å². The summed E-state index contributed by atoms with van der Waals surface area (Å²) in [5.74, 6) is 0.109. The summed E-state index contributed by atoms with van der Waals surface area (Å²) < 4.78 is 0. The van der Waals surface area contributed by atoms with Gasteiger partial charge in [0.15, 0.2) is 0 Å². The lowest BCUT2D eigenvalue weighted by molar-refractivity contribution is -0.123. The Morgan fingerprint density at radius 1 is 1.31 bits per heavy atom. The van der Waals surface area contributed by atoms with Gasteiger partial charge in [0.1, 0.15) is 0 Å². The number of nitrogens with one attached hydrogen (secondary N) is 2. The van der Waals surface area contributed by atoms with Crippen molar-refractivity contribution in [2.45, 2.75) is 72.0 Å². The van der Waals surface area contributed by atoms with Gasteiger partial charge in [-0.1, -0.05) is 20.3 Å². The molecular formula is C13H26N2O. The molecule has 3 heteroatoms. The van der Waals surface area contributed by atoms with Gasteiger partial charge in [-0.05, 0) is 39.0 Å². The number of rotatable bonds is 4. The molecule has 94 valence electrons. The fourth-order valence-corrected chi connectivity index (χ4v) is 2.42. The van der Waals surface area contributed by atoms with Crippen LogP contribution in [0.3, 0.4) is 0 Å². The Morgan fingerprint density at radius 2 is 1.94 bits per heavy atom. The summed E-state index contributed by atoms with van der Waals surface area (Å²) in [5, 5.41) is 6.40. The lowest BCUT2D eigenvalue weighted by atomic mass is 9.87. The molecule has 2 N–H and O–H groups in total. The predicted octanol–water partition coefficient (Wildman–Crippen LogP) is 2.07. The molecule has 0 aromatic heterocycles. The van der Waals surface area contributed by atoms with Crippen LogP contribution >= 0.6 is 0 Å². The third-order valence-corrected chi connectivity index (χ3v) is 3.53. The van der Waals surface area contributed by atoms with Crippen LogP contribution < -0.4 is 10.6 Å². The molecule has 0 aromatic rings. The van der Waals surface area contributed by atoms with E-state index in [-0.39, 0.29) is 18.0 Å². The van der Waals surface area contributed by atoms with Crippen molar-refractivity contribution in [1.29, 1.82) is 0 Å². The maximum Gasteiger partial charge on any atom is 0.237 e. The first-order valence-corrected chi connectivity index (χ1v) is 6.39. The maximum absolute atomic E-state index is 11.8. The minimum absolute atomic E-state index is 0.0928. The Bertz CT molecular complexity index is 248. The van der Waals surface area contributed by atoms with E-state index in [4.69, 9.17) is 0 Å². The Balaban J connectivity index is 2.45. The molecule has 0 aromatic carbocycles. The smallest absolute Gasteiger partial charge is 0.237 e. The third kappa shape index (κ3) is 3.48. The van der Waals surface area contributed by atoms with Crippen molar-refractivity contribution >= 4 is 5.91 Å². The van der Waals surface area contributed by atoms with Crippen molar-refractivity contribution in [1.82, 2.24) is 10.6 Å². The molecule has 0 heterocycles. The number of hydrogen-bond acceptors (Lipinski definition) is 2. The molecular weight excluding hydrogens is 200 g/mol. The summed E-state index contributed by atoms with van der Waals surface area (Å²) in [5.41, 5.74) is 0.326. The third-order valence-electron chi connectivity index (χ3n) is 3.53. The standard InChI is InChI=1S/C13H26N2O/c1-9(2)14-12(16)10(3)15-11-7-6-8-13(11,4)5/h9-11,15H,6-8H2,1-5H3,(H,14,16). The van der Waals surface area contributed by atoms with Gasteiger partial charge in [0.25, 0.3) is 0 Å². The van der Waals surface area contributed by atoms with Gasteiger partial charge in [0.05, 0.1) is 6.04 Å². The summed E-state index contributed by atoms with van der Waals surface area (Å²) in [7, 11) is 0. The predicted molar refractivity (Wildman–Crippen MR) is 67.3 cm³/mol. The lowest BCUT2D eigenvalue weighted by Gasteiger charge is -2.30. The molecule has 1 rings (SSSR count). The lowest BCUT2D eigenvalue weighted by Crippen LogP contribution is -2.50. The summed E-state index contributed by atoms with van der Waals surface area (Å²) in [6, 6.07) is 0.596. The molecule has 1 amide bonds. The average molecular weight is 226 g/mol. The van der Waals surface area contributed by atoms with Crippen LogP contribution in [0.2, 0.25) is 0 Å². The molecule has 1 aliphatic rings. The van der Waals surface area contributed by atoms with E-state index in [9.17, 15) is 4.79 Å². The molecule has 1 saturated carbocycles. The van der Waals surface area contributed by atoms with Crippen LogP contribution in [0.1, 0.15) is 53.9 Å². The molecule has 0 bridgehead atoms. The minimum atomic E-state index is -0.0928. The van der Waals surface area contributed by atoms with E-state index in [2.05, 4.69) is 24.5 Å². The topological polar surface area (TPSA) is 41.1 Å². The number of hydrogen-bond donors (Lipinski definition) is 2. The van der Waals surface area contributed by atoms with Gasteiger partial charge in [0.2, 0.25) is 5.91 Å². The van der Waals surface area contributed by atoms with E-state index in [1.165, 1.54) is 19.3 Å². The summed E-state index contributed by atoms with van der Waals surface area (Å²) in [4.78, 5) is 11.8. The molecule has 0 saturated heterocycles. The van der Waals surface area contributed by atoms with Crippen LogP contribution in [0.15, 0.2) is 0 Å². The zero-order valence-electron chi connectivity index (χ0n) is 11.3. The van der Waals surface area contributed by atoms with Crippen molar-refractivity contribution in [2.24, 2.45) is 5.41 Å². The molecule has 1 fully saturated rings. The Morgan fingerprint density at radius 3 is 2.38 bits per heavy atom. The maximum atomic E-state index is 11.8. The molecule has 16 heavy (non-hydrogen) atoms. The number of amides is 1. The number of carbonyl (C=O) groups excluding carboxylic acids is 1. The van der Waals surface area contributed by atoms with Crippen LogP contribution in [0.5, 0.6) is 0 Å². The van der Waals surface area contributed by atoms with Gasteiger partial charge in [-0.3, -0.25) is 4.79 Å². The van der Waals surface area contributed by atoms with E-state index in [1.807, 2.05) is 20.8 Å². The summed E-state index contributed by atoms with van der Waals surface area (Å²) >= 11 is 0. The first-order chi connectivity index (χ1) is 7.33. The zero-order valence-corrected chi connectivity index (χ0v) is 11.3. The second kappa shape index (κ2) is 5.17. The Kier molecular flexibility index (Phi) is 4.36. The SMILES string of the molecule is CC(C)NC(=O)C(C)NC1CCCC1(C)C. The highest BCUT2D eigenvalue weighted by Gasteiger charge is 2.35. The van der Waals surface area contributed by atoms with Crippen molar-refractivity contribution in [3.63, 3.8) is 0 Å². The highest BCUT2D eigenvalue weighted by atomic mass is 16.2. The van der Waals surface area contributed by atoms with Gasteiger partial charge < -0.3 is 10.6 Å². The fraction of sp³-hybridized carbons (Fsp3) is 0.923. The van der Waals surface area contributed by atoms with E-state index in [1.54, 1.807) is 0 Å². The molecule has 0 radical (unpaired) electrons. The zero-order chi connectivity index (χ0) is 12.3. The molecule has 3 nitrogen and oxygen atoms in total. The highest BCUT2D eigenvalue weighted by Crippen LogP contribution is 2.37. The van der Waals surface area contributed by atoms with Crippen LogP contribution in [-0.2, 0) is 4.79 Å². The number of carbonyl (C=O) groups is 1. The summed E-state index contributed by atoms with van der Waals surface area (Å²) in [6.07, 6.45) is 3.71. The average Bonchev–Trinajstić information content (AvgIpc) is 2.44. The minimum Gasteiger partial charge on any atom is -0.353 e. The van der Waals surface area contributed by atoms with Crippen molar-refractivity contribution < 1.29 is 4.79 Å². The fourth-order valence-electron chi connectivity index (χ4n) is 2.42. The quantitative estimate of drug-likeness (QED) is 0.770. The van der Waals surface area contributed by atoms with Gasteiger partial charge in [-0.2, -0.15) is 0 Å².